The maximum absolute atomic E-state index is 11.6. The molecule has 0 saturated heterocycles. The van der Waals surface area contributed by atoms with E-state index in [1.54, 1.807) is 24.3 Å². The molecule has 1 aromatic carbocycles. The monoisotopic (exact) mass is 368 g/mol. The summed E-state index contributed by atoms with van der Waals surface area (Å²) in [5.41, 5.74) is 1.04. The molecule has 2 rings (SSSR count). The number of ether oxygens (including phenoxy) is 1. The molecule has 0 bridgehead atoms. The molecule has 0 fully saturated rings. The second-order valence-corrected chi connectivity index (χ2v) is 7.52. The highest BCUT2D eigenvalue weighted by atomic mass is 35.7. The molecule has 0 amide bonds. The largest absolute Gasteiger partial charge is 0.378 e. The van der Waals surface area contributed by atoms with Gasteiger partial charge in [-0.15, -0.1) is 0 Å². The summed E-state index contributed by atoms with van der Waals surface area (Å²) in [5, 5.41) is 4.70. The number of methoxy groups -OCH3 is 1. The third-order valence-electron chi connectivity index (χ3n) is 2.69. The van der Waals surface area contributed by atoms with Gasteiger partial charge in [-0.1, -0.05) is 35.3 Å². The molecule has 0 atom stereocenters. The van der Waals surface area contributed by atoms with E-state index in [0.29, 0.717) is 11.6 Å². The first-order chi connectivity index (χ1) is 9.82. The van der Waals surface area contributed by atoms with E-state index in [-0.39, 0.29) is 22.3 Å². The molecule has 21 heavy (non-hydrogen) atoms. The first-order valence-electron chi connectivity index (χ1n) is 5.76. The van der Waals surface area contributed by atoms with Gasteiger partial charge in [-0.3, -0.25) is 0 Å². The second kappa shape index (κ2) is 6.54. The van der Waals surface area contributed by atoms with Crippen molar-refractivity contribution in [2.45, 2.75) is 18.0 Å². The molecule has 114 valence electrons. The summed E-state index contributed by atoms with van der Waals surface area (Å²) in [6.45, 7) is 0.285. The molecule has 0 spiro atoms. The van der Waals surface area contributed by atoms with Gasteiger partial charge in [0.15, 0.2) is 0 Å². The van der Waals surface area contributed by atoms with Gasteiger partial charge in [0.1, 0.15) is 15.7 Å². The molecular formula is C12H11Cl3N2O3S. The Bertz CT molecular complexity index is 742. The van der Waals surface area contributed by atoms with Crippen molar-refractivity contribution in [3.8, 4) is 0 Å². The van der Waals surface area contributed by atoms with Gasteiger partial charge in [0, 0.05) is 22.8 Å². The van der Waals surface area contributed by atoms with E-state index in [0.717, 1.165) is 5.56 Å². The third-order valence-corrected chi connectivity index (χ3v) is 4.82. The molecule has 0 aliphatic rings. The lowest BCUT2D eigenvalue weighted by Crippen LogP contribution is -2.02. The quantitative estimate of drug-likeness (QED) is 0.759. The summed E-state index contributed by atoms with van der Waals surface area (Å²) in [7, 11) is 2.82. The fourth-order valence-electron chi connectivity index (χ4n) is 1.81. The SMILES string of the molecule is COCc1nn(Cc2ccc(Cl)cc2)c(Cl)c1S(=O)(=O)Cl. The van der Waals surface area contributed by atoms with Gasteiger partial charge in [-0.05, 0) is 17.7 Å². The van der Waals surface area contributed by atoms with Gasteiger partial charge in [-0.2, -0.15) is 5.10 Å². The summed E-state index contributed by atoms with van der Waals surface area (Å²) in [6, 6.07) is 7.05. The Morgan fingerprint density at radius 3 is 2.38 bits per heavy atom. The zero-order valence-corrected chi connectivity index (χ0v) is 14.0. The molecular weight excluding hydrogens is 359 g/mol. The van der Waals surface area contributed by atoms with Crippen molar-refractivity contribution >= 4 is 42.9 Å². The second-order valence-electron chi connectivity index (χ2n) is 4.22. The topological polar surface area (TPSA) is 61.2 Å². The minimum absolute atomic E-state index is 0.00534. The van der Waals surface area contributed by atoms with Crippen molar-refractivity contribution in [3.05, 3.63) is 45.7 Å². The molecule has 0 unspecified atom stereocenters. The minimum atomic E-state index is -4.01. The summed E-state index contributed by atoms with van der Waals surface area (Å²) in [5.74, 6) is 0. The maximum Gasteiger partial charge on any atom is 0.266 e. The average molecular weight is 370 g/mol. The summed E-state index contributed by atoms with van der Waals surface area (Å²) < 4.78 is 29.5. The van der Waals surface area contributed by atoms with Gasteiger partial charge in [0.2, 0.25) is 0 Å². The number of aromatic nitrogens is 2. The Morgan fingerprint density at radius 2 is 1.86 bits per heavy atom. The highest BCUT2D eigenvalue weighted by Gasteiger charge is 2.26. The van der Waals surface area contributed by atoms with Gasteiger partial charge in [0.05, 0.1) is 13.2 Å². The van der Waals surface area contributed by atoms with Crippen LogP contribution in [-0.4, -0.2) is 25.3 Å². The normalized spacial score (nSPS) is 11.8. The van der Waals surface area contributed by atoms with Crippen molar-refractivity contribution < 1.29 is 13.2 Å². The van der Waals surface area contributed by atoms with Crippen LogP contribution in [-0.2, 0) is 26.9 Å². The number of hydrogen-bond acceptors (Lipinski definition) is 4. The van der Waals surface area contributed by atoms with Crippen LogP contribution >= 0.6 is 33.9 Å². The Labute approximate surface area is 136 Å². The number of halogens is 3. The van der Waals surface area contributed by atoms with Crippen LogP contribution in [0.2, 0.25) is 10.2 Å². The number of nitrogens with zero attached hydrogens (tertiary/aromatic N) is 2. The lowest BCUT2D eigenvalue weighted by atomic mass is 10.2. The van der Waals surface area contributed by atoms with E-state index >= 15 is 0 Å². The molecule has 0 N–H and O–H groups in total. The van der Waals surface area contributed by atoms with Crippen LogP contribution in [0.5, 0.6) is 0 Å². The number of benzene rings is 1. The lowest BCUT2D eigenvalue weighted by Gasteiger charge is -2.03. The Balaban J connectivity index is 2.43. The van der Waals surface area contributed by atoms with Crippen molar-refractivity contribution in [2.24, 2.45) is 0 Å². The molecule has 0 radical (unpaired) electrons. The molecule has 2 aromatic rings. The van der Waals surface area contributed by atoms with E-state index in [1.165, 1.54) is 11.8 Å². The van der Waals surface area contributed by atoms with E-state index in [2.05, 4.69) is 5.10 Å². The van der Waals surface area contributed by atoms with E-state index in [4.69, 9.17) is 38.6 Å². The van der Waals surface area contributed by atoms with Gasteiger partial charge < -0.3 is 4.74 Å². The molecule has 0 saturated carbocycles. The minimum Gasteiger partial charge on any atom is -0.378 e. The van der Waals surface area contributed by atoms with Gasteiger partial charge in [0.25, 0.3) is 9.05 Å². The summed E-state index contributed by atoms with van der Waals surface area (Å²) in [4.78, 5) is -0.221. The molecule has 5 nitrogen and oxygen atoms in total. The maximum atomic E-state index is 11.6. The van der Waals surface area contributed by atoms with Crippen molar-refractivity contribution in [3.63, 3.8) is 0 Å². The van der Waals surface area contributed by atoms with Gasteiger partial charge >= 0.3 is 0 Å². The molecule has 0 aliphatic heterocycles. The van der Waals surface area contributed by atoms with Crippen molar-refractivity contribution in [1.82, 2.24) is 9.78 Å². The number of hydrogen-bond donors (Lipinski definition) is 0. The predicted octanol–water partition coefficient (Wildman–Crippen LogP) is 3.31. The van der Waals surface area contributed by atoms with Crippen LogP contribution in [0.1, 0.15) is 11.3 Å². The van der Waals surface area contributed by atoms with Crippen LogP contribution in [0, 0.1) is 0 Å². The van der Waals surface area contributed by atoms with Crippen molar-refractivity contribution in [1.29, 1.82) is 0 Å². The zero-order chi connectivity index (χ0) is 15.6. The third kappa shape index (κ3) is 3.90. The standard InChI is InChI=1S/C12H11Cl3N2O3S/c1-20-7-10-11(21(15,18)19)12(14)17(16-10)6-8-2-4-9(13)5-3-8/h2-5H,6-7H2,1H3. The Morgan fingerprint density at radius 1 is 1.24 bits per heavy atom. The first kappa shape index (κ1) is 16.6. The highest BCUT2D eigenvalue weighted by Crippen LogP contribution is 2.29. The average Bonchev–Trinajstić information content (AvgIpc) is 2.69. The van der Waals surface area contributed by atoms with Crippen molar-refractivity contribution in [2.75, 3.05) is 7.11 Å². The van der Waals surface area contributed by atoms with E-state index in [1.807, 2.05) is 0 Å². The fraction of sp³-hybridized carbons (Fsp3) is 0.250. The predicted molar refractivity (Wildman–Crippen MR) is 81.5 cm³/mol. The Kier molecular flexibility index (Phi) is 5.16. The number of rotatable bonds is 5. The van der Waals surface area contributed by atoms with Gasteiger partial charge in [-0.25, -0.2) is 13.1 Å². The fourth-order valence-corrected chi connectivity index (χ4v) is 3.74. The van der Waals surface area contributed by atoms with Crippen LogP contribution in [0.4, 0.5) is 0 Å². The van der Waals surface area contributed by atoms with Crippen LogP contribution in [0.3, 0.4) is 0 Å². The lowest BCUT2D eigenvalue weighted by molar-refractivity contribution is 0.178. The highest BCUT2D eigenvalue weighted by molar-refractivity contribution is 8.13. The van der Waals surface area contributed by atoms with Crippen LogP contribution in [0.25, 0.3) is 0 Å². The van der Waals surface area contributed by atoms with E-state index in [9.17, 15) is 8.42 Å². The summed E-state index contributed by atoms with van der Waals surface area (Å²) in [6.07, 6.45) is 0. The summed E-state index contributed by atoms with van der Waals surface area (Å²) >= 11 is 11.9. The van der Waals surface area contributed by atoms with Crippen LogP contribution in [0.15, 0.2) is 29.2 Å². The first-order valence-corrected chi connectivity index (χ1v) is 8.82. The zero-order valence-electron chi connectivity index (χ0n) is 10.9. The van der Waals surface area contributed by atoms with E-state index < -0.39 is 9.05 Å². The molecule has 9 heteroatoms. The molecule has 1 heterocycles. The smallest absolute Gasteiger partial charge is 0.266 e. The molecule has 1 aromatic heterocycles. The molecule has 0 aliphatic carbocycles. The van der Waals surface area contributed by atoms with Crippen LogP contribution < -0.4 is 0 Å². The Hall–Kier alpha value is -0.790.